The van der Waals surface area contributed by atoms with Crippen LogP contribution in [0.15, 0.2) is 30.9 Å². The van der Waals surface area contributed by atoms with Gasteiger partial charge in [0.25, 0.3) is 5.91 Å². The lowest BCUT2D eigenvalue weighted by atomic mass is 9.98. The molecule has 13 nitrogen and oxygen atoms in total. The molecule has 1 aromatic carbocycles. The second-order valence-electron chi connectivity index (χ2n) is 14.0. The van der Waals surface area contributed by atoms with Crippen molar-refractivity contribution in [1.82, 2.24) is 25.2 Å². The van der Waals surface area contributed by atoms with Gasteiger partial charge in [0.15, 0.2) is 0 Å². The molecule has 5 aliphatic rings. The van der Waals surface area contributed by atoms with E-state index in [4.69, 9.17) is 4.74 Å². The number of hydrogen-bond acceptors (Lipinski definition) is 8. The maximum absolute atomic E-state index is 14.0. The summed E-state index contributed by atoms with van der Waals surface area (Å²) in [7, 11) is -3.96. The van der Waals surface area contributed by atoms with Crippen molar-refractivity contribution in [3.05, 3.63) is 47.5 Å². The molecule has 0 spiro atoms. The van der Waals surface area contributed by atoms with Crippen molar-refractivity contribution in [3.8, 4) is 0 Å². The van der Waals surface area contributed by atoms with Gasteiger partial charge < -0.3 is 20.3 Å². The maximum Gasteiger partial charge on any atom is 0.410 e. The van der Waals surface area contributed by atoms with Crippen molar-refractivity contribution in [2.45, 2.75) is 119 Å². The van der Waals surface area contributed by atoms with Crippen LogP contribution in [0.1, 0.15) is 80.9 Å². The fraction of sp³-hybridized carbons (Fsp3) is 0.618. The van der Waals surface area contributed by atoms with Gasteiger partial charge >= 0.3 is 6.09 Å². The second kappa shape index (κ2) is 14.3. The van der Waals surface area contributed by atoms with Crippen molar-refractivity contribution in [2.24, 2.45) is 5.92 Å². The average molecular weight is 720 g/mol. The molecule has 16 heteroatoms. The molecule has 3 fully saturated rings. The lowest BCUT2D eigenvalue weighted by Crippen LogP contribution is -2.58. The average Bonchev–Trinajstić information content (AvgIpc) is 3.95. The van der Waals surface area contributed by atoms with Crippen molar-refractivity contribution < 1.29 is 45.9 Å². The zero-order valence-electron chi connectivity index (χ0n) is 27.7. The van der Waals surface area contributed by atoms with Crippen LogP contribution in [0.5, 0.6) is 0 Å². The number of halogens is 2. The smallest absolute Gasteiger partial charge is 0.410 e. The molecule has 3 heterocycles. The van der Waals surface area contributed by atoms with Crippen LogP contribution in [0, 0.1) is 5.92 Å². The van der Waals surface area contributed by atoms with Crippen LogP contribution in [-0.2, 0) is 53.4 Å². The van der Waals surface area contributed by atoms with E-state index in [9.17, 15) is 41.2 Å². The predicted octanol–water partition coefficient (Wildman–Crippen LogP) is 2.42. The second-order valence-corrected chi connectivity index (χ2v) is 16.0. The zero-order valence-corrected chi connectivity index (χ0v) is 28.5. The van der Waals surface area contributed by atoms with E-state index in [1.54, 1.807) is 0 Å². The summed E-state index contributed by atoms with van der Waals surface area (Å²) >= 11 is 0. The molecular formula is C34H43F2N5O8S. The van der Waals surface area contributed by atoms with Gasteiger partial charge in [0.05, 0.1) is 11.8 Å². The number of benzene rings is 1. The Bertz CT molecular complexity index is 1670. The first kappa shape index (κ1) is 35.7. The summed E-state index contributed by atoms with van der Waals surface area (Å²) in [6.07, 6.45) is 0.117. The number of nitrogens with zero attached hydrogens (tertiary/aromatic N) is 2. The number of alkyl halides is 2. The van der Waals surface area contributed by atoms with E-state index in [1.165, 1.54) is 11.0 Å². The first-order chi connectivity index (χ1) is 23.8. The largest absolute Gasteiger partial charge is 0.444 e. The van der Waals surface area contributed by atoms with E-state index >= 15 is 0 Å². The summed E-state index contributed by atoms with van der Waals surface area (Å²) < 4.78 is 60.5. The van der Waals surface area contributed by atoms with Crippen molar-refractivity contribution >= 4 is 39.7 Å². The Hall–Kier alpha value is -4.08. The highest BCUT2D eigenvalue weighted by Crippen LogP contribution is 2.45. The first-order valence-corrected chi connectivity index (χ1v) is 18.8. The number of aryl methyl sites for hydroxylation is 1. The summed E-state index contributed by atoms with van der Waals surface area (Å²) in [6, 6.07) is 2.88. The number of nitrogens with one attached hydrogen (secondary N) is 3. The molecule has 0 unspecified atom stereocenters. The van der Waals surface area contributed by atoms with Crippen molar-refractivity contribution in [1.29, 1.82) is 0 Å². The van der Waals surface area contributed by atoms with Crippen LogP contribution in [0.2, 0.25) is 0 Å². The van der Waals surface area contributed by atoms with E-state index < -0.39 is 87.5 Å². The molecule has 3 N–H and O–H groups in total. The molecule has 272 valence electrons. The Labute approximate surface area is 289 Å². The standard InChI is InChI=1S/C34H43F2N5O8S/c1-2-22-16-34(22,32(45)39-50(47,48)24-12-13-24)38-30(43)27-14-23-18-41(27)31(44)26(15-28(35)36)37-29(42)11-6-4-3-5-8-20-9-7-10-21-17-40(19-25(20)21)33(46)49-23/h2,7,9-10,22-24,26-28H,1,3-6,8,11-19H2,(H,37,42)(H,38,43)(H,39,45)/t22-,23-,26+,27+,34-/m1/s1. The number of rotatable bonds is 8. The van der Waals surface area contributed by atoms with Gasteiger partial charge in [-0.3, -0.25) is 28.8 Å². The third kappa shape index (κ3) is 7.64. The molecule has 0 radical (unpaired) electrons. The highest BCUT2D eigenvalue weighted by atomic mass is 32.2. The number of amides is 5. The molecule has 0 aromatic heterocycles. The molecule has 2 saturated carbocycles. The quantitative estimate of drug-likeness (QED) is 0.344. The molecular weight excluding hydrogens is 676 g/mol. The van der Waals surface area contributed by atoms with Crippen LogP contribution in [0.4, 0.5) is 13.6 Å². The van der Waals surface area contributed by atoms with Gasteiger partial charge in [-0.15, -0.1) is 6.58 Å². The molecule has 50 heavy (non-hydrogen) atoms. The number of carbonyl (C=O) groups excluding carboxylic acids is 5. The predicted molar refractivity (Wildman–Crippen MR) is 175 cm³/mol. The van der Waals surface area contributed by atoms with E-state index in [0.717, 1.165) is 40.9 Å². The minimum absolute atomic E-state index is 0.0250. The molecule has 3 aliphatic heterocycles. The highest BCUT2D eigenvalue weighted by molar-refractivity contribution is 7.91. The van der Waals surface area contributed by atoms with Gasteiger partial charge in [-0.1, -0.05) is 37.1 Å². The van der Waals surface area contributed by atoms with E-state index in [-0.39, 0.29) is 25.8 Å². The number of hydrogen-bond donors (Lipinski definition) is 3. The summed E-state index contributed by atoms with van der Waals surface area (Å²) in [4.78, 5) is 70.0. The summed E-state index contributed by atoms with van der Waals surface area (Å²) in [5.41, 5.74) is 1.50. The van der Waals surface area contributed by atoms with Gasteiger partial charge in [0, 0.05) is 38.3 Å². The van der Waals surface area contributed by atoms with Gasteiger partial charge in [-0.2, -0.15) is 0 Å². The van der Waals surface area contributed by atoms with Gasteiger partial charge in [0.2, 0.25) is 34.2 Å². The Balaban J connectivity index is 1.25. The fourth-order valence-electron chi connectivity index (χ4n) is 7.29. The Kier molecular flexibility index (Phi) is 10.2. The van der Waals surface area contributed by atoms with Crippen LogP contribution >= 0.6 is 0 Å². The summed E-state index contributed by atoms with van der Waals surface area (Å²) in [5, 5.41) is 4.35. The fourth-order valence-corrected chi connectivity index (χ4v) is 8.65. The molecule has 1 saturated heterocycles. The van der Waals surface area contributed by atoms with Crippen LogP contribution in [-0.4, -0.2) is 89.9 Å². The van der Waals surface area contributed by atoms with Crippen molar-refractivity contribution in [2.75, 3.05) is 6.54 Å². The number of carbonyl (C=O) groups is 5. The molecule has 4 bridgehead atoms. The van der Waals surface area contributed by atoms with Crippen LogP contribution in [0.3, 0.4) is 0 Å². The molecule has 1 aromatic rings. The summed E-state index contributed by atoms with van der Waals surface area (Å²) in [6.45, 7) is 3.99. The SMILES string of the molecule is C=C[C@@H]1C[C@]1(NC(=O)[C@@H]1C[C@@H]2CN1C(=O)[C@H](CC(F)F)NC(=O)CCCCCCc1cccc3c1CN(C3)C(=O)O2)C(=O)NS(=O)(=O)C1CC1. The highest BCUT2D eigenvalue weighted by Gasteiger charge is 2.62. The first-order valence-electron chi connectivity index (χ1n) is 17.2. The number of sulfonamides is 1. The van der Waals surface area contributed by atoms with E-state index in [1.807, 2.05) is 18.2 Å². The summed E-state index contributed by atoms with van der Waals surface area (Å²) in [5.74, 6) is -3.95. The Morgan fingerprint density at radius 3 is 2.48 bits per heavy atom. The van der Waals surface area contributed by atoms with Crippen LogP contribution < -0.4 is 15.4 Å². The van der Waals surface area contributed by atoms with Crippen molar-refractivity contribution in [3.63, 3.8) is 0 Å². The Morgan fingerprint density at radius 1 is 1.08 bits per heavy atom. The number of ether oxygens (including phenoxy) is 1. The Morgan fingerprint density at radius 2 is 1.80 bits per heavy atom. The van der Waals surface area contributed by atoms with E-state index in [2.05, 4.69) is 21.9 Å². The molecule has 6 rings (SSSR count). The van der Waals surface area contributed by atoms with Gasteiger partial charge in [0.1, 0.15) is 23.7 Å². The normalized spacial score (nSPS) is 29.0. The molecule has 5 atom stereocenters. The third-order valence-electron chi connectivity index (χ3n) is 10.4. The lowest BCUT2D eigenvalue weighted by molar-refractivity contribution is -0.143. The molecule has 5 amide bonds. The van der Waals surface area contributed by atoms with Gasteiger partial charge in [-0.25, -0.2) is 22.0 Å². The zero-order chi connectivity index (χ0) is 35.8. The lowest BCUT2D eigenvalue weighted by Gasteiger charge is -2.29. The number of fused-ring (bicyclic) bond motifs is 3. The minimum Gasteiger partial charge on any atom is -0.444 e. The molecule has 2 aliphatic carbocycles. The third-order valence-corrected chi connectivity index (χ3v) is 12.2. The van der Waals surface area contributed by atoms with Crippen LogP contribution in [0.25, 0.3) is 0 Å². The monoisotopic (exact) mass is 719 g/mol. The maximum atomic E-state index is 14.0. The topological polar surface area (TPSA) is 171 Å². The minimum atomic E-state index is -3.96. The van der Waals surface area contributed by atoms with E-state index in [0.29, 0.717) is 38.8 Å². The van der Waals surface area contributed by atoms with Gasteiger partial charge in [-0.05, 0) is 55.2 Å².